The largest absolute Gasteiger partial charge is 0.392 e. The van der Waals surface area contributed by atoms with Crippen LogP contribution in [-0.2, 0) is 14.3 Å². The van der Waals surface area contributed by atoms with E-state index in [0.717, 1.165) is 25.8 Å². The number of morpholine rings is 1. The summed E-state index contributed by atoms with van der Waals surface area (Å²) in [4.78, 5) is 14.4. The van der Waals surface area contributed by atoms with E-state index in [9.17, 15) is 9.90 Å². The third-order valence-electron chi connectivity index (χ3n) is 5.34. The second-order valence-corrected chi connectivity index (χ2v) is 6.34. The van der Waals surface area contributed by atoms with Crippen LogP contribution in [0.1, 0.15) is 26.2 Å². The first-order valence-corrected chi connectivity index (χ1v) is 8.07. The van der Waals surface area contributed by atoms with Gasteiger partial charge in [0.15, 0.2) is 0 Å². The predicted molar refractivity (Wildman–Crippen MR) is 76.9 cm³/mol. The molecule has 0 radical (unpaired) electrons. The number of likely N-dealkylation sites (tertiary alicyclic amines) is 1. The fourth-order valence-electron chi connectivity index (χ4n) is 3.90. The standard InChI is InChI=1S/C15H26N2O4/c1-2-21-13-9-12(18)15(13)3-6-17(7-4-15)14(19)11-10-20-8-5-16-11/h11-13,16,18H,2-10H2,1H3/t11-,12-,13+/m0/s1. The molecule has 1 saturated carbocycles. The van der Waals surface area contributed by atoms with Gasteiger partial charge in [-0.3, -0.25) is 4.79 Å². The Morgan fingerprint density at radius 1 is 1.48 bits per heavy atom. The summed E-state index contributed by atoms with van der Waals surface area (Å²) in [5.74, 6) is 0.131. The summed E-state index contributed by atoms with van der Waals surface area (Å²) in [6, 6.07) is -0.207. The molecule has 3 atom stereocenters. The van der Waals surface area contributed by atoms with Gasteiger partial charge in [-0.2, -0.15) is 0 Å². The Morgan fingerprint density at radius 2 is 2.24 bits per heavy atom. The van der Waals surface area contributed by atoms with Gasteiger partial charge in [-0.1, -0.05) is 0 Å². The molecule has 3 fully saturated rings. The summed E-state index contributed by atoms with van der Waals surface area (Å²) >= 11 is 0. The molecule has 0 bridgehead atoms. The molecule has 3 rings (SSSR count). The summed E-state index contributed by atoms with van der Waals surface area (Å²) < 4.78 is 11.1. The monoisotopic (exact) mass is 298 g/mol. The van der Waals surface area contributed by atoms with Gasteiger partial charge in [0, 0.05) is 38.1 Å². The van der Waals surface area contributed by atoms with Crippen LogP contribution in [0, 0.1) is 5.41 Å². The molecule has 1 amide bonds. The molecule has 21 heavy (non-hydrogen) atoms. The van der Waals surface area contributed by atoms with E-state index in [1.165, 1.54) is 0 Å². The molecule has 6 heteroatoms. The number of nitrogens with one attached hydrogen (secondary N) is 1. The van der Waals surface area contributed by atoms with Crippen LogP contribution < -0.4 is 5.32 Å². The van der Waals surface area contributed by atoms with Gasteiger partial charge in [0.25, 0.3) is 0 Å². The first-order valence-electron chi connectivity index (χ1n) is 8.07. The summed E-state index contributed by atoms with van der Waals surface area (Å²) in [7, 11) is 0. The Bertz CT molecular complexity index is 374. The predicted octanol–water partition coefficient (Wildman–Crippen LogP) is -0.247. The minimum atomic E-state index is -0.276. The van der Waals surface area contributed by atoms with Crippen molar-refractivity contribution in [2.75, 3.05) is 39.5 Å². The molecule has 0 aromatic carbocycles. The van der Waals surface area contributed by atoms with Gasteiger partial charge >= 0.3 is 0 Å². The second kappa shape index (κ2) is 6.20. The third-order valence-corrected chi connectivity index (χ3v) is 5.34. The van der Waals surface area contributed by atoms with Gasteiger partial charge in [0.2, 0.25) is 5.91 Å². The summed E-state index contributed by atoms with van der Waals surface area (Å²) in [5.41, 5.74) is -0.122. The van der Waals surface area contributed by atoms with E-state index in [-0.39, 0.29) is 29.6 Å². The van der Waals surface area contributed by atoms with Crippen LogP contribution in [0.5, 0.6) is 0 Å². The molecule has 1 aliphatic carbocycles. The SMILES string of the molecule is CCO[C@@H]1C[C@H](O)C12CCN(C(=O)[C@@H]1COCCN1)CC2. The highest BCUT2D eigenvalue weighted by Crippen LogP contribution is 2.50. The second-order valence-electron chi connectivity index (χ2n) is 6.34. The van der Waals surface area contributed by atoms with Crippen LogP contribution in [-0.4, -0.2) is 73.6 Å². The molecular formula is C15H26N2O4. The van der Waals surface area contributed by atoms with Crippen molar-refractivity contribution in [3.05, 3.63) is 0 Å². The van der Waals surface area contributed by atoms with E-state index >= 15 is 0 Å². The number of nitrogens with zero attached hydrogens (tertiary/aromatic N) is 1. The van der Waals surface area contributed by atoms with Gasteiger partial charge in [-0.05, 0) is 19.8 Å². The lowest BCUT2D eigenvalue weighted by atomic mass is 9.58. The van der Waals surface area contributed by atoms with Crippen molar-refractivity contribution < 1.29 is 19.4 Å². The number of hydrogen-bond donors (Lipinski definition) is 2. The average Bonchev–Trinajstić information content (AvgIpc) is 2.55. The van der Waals surface area contributed by atoms with Crippen molar-refractivity contribution in [3.8, 4) is 0 Å². The van der Waals surface area contributed by atoms with Crippen molar-refractivity contribution >= 4 is 5.91 Å². The Labute approximate surface area is 125 Å². The van der Waals surface area contributed by atoms with Crippen molar-refractivity contribution in [2.45, 2.75) is 44.4 Å². The highest BCUT2D eigenvalue weighted by molar-refractivity contribution is 5.82. The fraction of sp³-hybridized carbons (Fsp3) is 0.933. The number of ether oxygens (including phenoxy) is 2. The molecule has 0 unspecified atom stereocenters. The Morgan fingerprint density at radius 3 is 2.81 bits per heavy atom. The summed E-state index contributed by atoms with van der Waals surface area (Å²) in [5, 5.41) is 13.4. The van der Waals surface area contributed by atoms with E-state index in [4.69, 9.17) is 9.47 Å². The molecule has 2 heterocycles. The Hall–Kier alpha value is -0.690. The third kappa shape index (κ3) is 2.70. The van der Waals surface area contributed by atoms with Gasteiger partial charge in [0.1, 0.15) is 6.04 Å². The molecule has 6 nitrogen and oxygen atoms in total. The lowest BCUT2D eigenvalue weighted by Gasteiger charge is -2.56. The summed E-state index contributed by atoms with van der Waals surface area (Å²) in [6.07, 6.45) is 2.28. The van der Waals surface area contributed by atoms with E-state index in [0.29, 0.717) is 32.9 Å². The molecule has 1 spiro atoms. The summed E-state index contributed by atoms with van der Waals surface area (Å²) in [6.45, 7) is 5.96. The first-order chi connectivity index (χ1) is 10.2. The van der Waals surface area contributed by atoms with Crippen molar-refractivity contribution in [1.29, 1.82) is 0 Å². The molecule has 2 saturated heterocycles. The van der Waals surface area contributed by atoms with Crippen LogP contribution in [0.2, 0.25) is 0 Å². The minimum Gasteiger partial charge on any atom is -0.392 e. The van der Waals surface area contributed by atoms with Crippen LogP contribution in [0.3, 0.4) is 0 Å². The van der Waals surface area contributed by atoms with Gasteiger partial charge in [-0.15, -0.1) is 0 Å². The minimum absolute atomic E-state index is 0.122. The normalized spacial score (nSPS) is 35.5. The number of amides is 1. The van der Waals surface area contributed by atoms with Crippen LogP contribution in [0.15, 0.2) is 0 Å². The fourth-order valence-corrected chi connectivity index (χ4v) is 3.90. The van der Waals surface area contributed by atoms with Crippen LogP contribution >= 0.6 is 0 Å². The van der Waals surface area contributed by atoms with Crippen molar-refractivity contribution in [3.63, 3.8) is 0 Å². The quantitative estimate of drug-likeness (QED) is 0.752. The number of hydrogen-bond acceptors (Lipinski definition) is 5. The van der Waals surface area contributed by atoms with E-state index in [1.807, 2.05) is 11.8 Å². The molecular weight excluding hydrogens is 272 g/mol. The zero-order valence-corrected chi connectivity index (χ0v) is 12.7. The maximum Gasteiger partial charge on any atom is 0.242 e. The van der Waals surface area contributed by atoms with E-state index in [1.54, 1.807) is 0 Å². The molecule has 0 aromatic heterocycles. The highest BCUT2D eigenvalue weighted by atomic mass is 16.5. The first kappa shape index (κ1) is 15.2. The van der Waals surface area contributed by atoms with Crippen molar-refractivity contribution in [1.82, 2.24) is 10.2 Å². The number of aliphatic hydroxyl groups is 1. The van der Waals surface area contributed by atoms with Crippen LogP contribution in [0.25, 0.3) is 0 Å². The van der Waals surface area contributed by atoms with Gasteiger partial charge in [0.05, 0.1) is 25.4 Å². The Balaban J connectivity index is 1.56. The van der Waals surface area contributed by atoms with Gasteiger partial charge in [-0.25, -0.2) is 0 Å². The molecule has 2 N–H and O–H groups in total. The number of carbonyl (C=O) groups excluding carboxylic acids is 1. The molecule has 120 valence electrons. The van der Waals surface area contributed by atoms with E-state index in [2.05, 4.69) is 5.32 Å². The number of rotatable bonds is 3. The zero-order chi connectivity index (χ0) is 14.9. The Kier molecular flexibility index (Phi) is 4.49. The van der Waals surface area contributed by atoms with Crippen molar-refractivity contribution in [2.24, 2.45) is 5.41 Å². The number of carbonyl (C=O) groups is 1. The number of aliphatic hydroxyl groups excluding tert-OH is 1. The lowest BCUT2D eigenvalue weighted by molar-refractivity contribution is -0.210. The highest BCUT2D eigenvalue weighted by Gasteiger charge is 2.56. The zero-order valence-electron chi connectivity index (χ0n) is 12.7. The maximum absolute atomic E-state index is 12.4. The average molecular weight is 298 g/mol. The number of piperidine rings is 1. The maximum atomic E-state index is 12.4. The lowest BCUT2D eigenvalue weighted by Crippen LogP contribution is -2.64. The smallest absolute Gasteiger partial charge is 0.242 e. The van der Waals surface area contributed by atoms with E-state index < -0.39 is 0 Å². The topological polar surface area (TPSA) is 71.0 Å². The molecule has 3 aliphatic rings. The van der Waals surface area contributed by atoms with Crippen LogP contribution in [0.4, 0.5) is 0 Å². The van der Waals surface area contributed by atoms with Gasteiger partial charge < -0.3 is 24.8 Å². The molecule has 2 aliphatic heterocycles. The molecule has 0 aromatic rings.